The lowest BCUT2D eigenvalue weighted by atomic mass is 9.90. The Balaban J connectivity index is 1.73. The van der Waals surface area contributed by atoms with E-state index in [1.807, 2.05) is 18.0 Å². The topological polar surface area (TPSA) is 121 Å². The number of hydrogen-bond donors (Lipinski definition) is 4. The average molecular weight is 400 g/mol. The van der Waals surface area contributed by atoms with Crippen LogP contribution in [0.15, 0.2) is 30.5 Å². The largest absolute Gasteiger partial charge is 0.508 e. The Bertz CT molecular complexity index is 874. The van der Waals surface area contributed by atoms with Crippen molar-refractivity contribution in [3.8, 4) is 5.75 Å². The quantitative estimate of drug-likeness (QED) is 0.512. The highest BCUT2D eigenvalue weighted by Gasteiger charge is 2.26. The van der Waals surface area contributed by atoms with Gasteiger partial charge in [-0.05, 0) is 41.3 Å². The van der Waals surface area contributed by atoms with Crippen molar-refractivity contribution in [2.75, 3.05) is 32.2 Å². The minimum Gasteiger partial charge on any atom is -0.508 e. The number of methoxy groups -OCH3 is 1. The molecular weight excluding hydrogens is 372 g/mol. The van der Waals surface area contributed by atoms with E-state index < -0.39 is 12.0 Å². The van der Waals surface area contributed by atoms with E-state index in [0.29, 0.717) is 43.1 Å². The molecule has 0 saturated heterocycles. The molecule has 1 aromatic heterocycles. The number of aliphatic hydroxyl groups is 1. The number of aliphatic hydroxyl groups excluding tert-OH is 1. The number of nitrogens with one attached hydrogen (secondary N) is 1. The summed E-state index contributed by atoms with van der Waals surface area (Å²) in [5.74, 6) is 0.310. The number of carbonyl (C=O) groups is 1. The third kappa shape index (κ3) is 5.03. The highest BCUT2D eigenvalue weighted by Crippen LogP contribution is 2.24. The first-order chi connectivity index (χ1) is 13.9. The summed E-state index contributed by atoms with van der Waals surface area (Å²) in [6.45, 7) is 1.73. The first-order valence-electron chi connectivity index (χ1n) is 9.60. The van der Waals surface area contributed by atoms with Crippen LogP contribution in [0.1, 0.15) is 27.0 Å². The molecule has 2 heterocycles. The predicted octanol–water partition coefficient (Wildman–Crippen LogP) is 0.587. The number of aromatic hydroxyl groups is 1. The molecule has 1 aliphatic rings. The first kappa shape index (κ1) is 21.0. The third-order valence-corrected chi connectivity index (χ3v) is 5.34. The normalized spacial score (nSPS) is 16.9. The van der Waals surface area contributed by atoms with Gasteiger partial charge in [-0.1, -0.05) is 6.07 Å². The van der Waals surface area contributed by atoms with E-state index in [-0.39, 0.29) is 18.2 Å². The summed E-state index contributed by atoms with van der Waals surface area (Å²) in [6, 6.07) is 6.76. The highest BCUT2D eigenvalue weighted by atomic mass is 16.5. The van der Waals surface area contributed by atoms with Gasteiger partial charge >= 0.3 is 0 Å². The molecule has 0 aliphatic carbocycles. The zero-order valence-electron chi connectivity index (χ0n) is 16.8. The van der Waals surface area contributed by atoms with E-state index in [9.17, 15) is 15.0 Å². The van der Waals surface area contributed by atoms with Gasteiger partial charge < -0.3 is 30.9 Å². The molecule has 5 N–H and O–H groups in total. The number of nitrogens with two attached hydrogens (primary N) is 1. The molecule has 0 radical (unpaired) electrons. The fraction of sp³-hybridized carbons (Fsp3) is 0.429. The van der Waals surface area contributed by atoms with Crippen molar-refractivity contribution in [3.05, 3.63) is 52.7 Å². The monoisotopic (exact) mass is 400 g/mol. The first-order valence-corrected chi connectivity index (χ1v) is 9.60. The molecule has 1 aromatic carbocycles. The summed E-state index contributed by atoms with van der Waals surface area (Å²) in [7, 11) is 3.49. The number of rotatable bonds is 8. The minimum absolute atomic E-state index is 0.170. The van der Waals surface area contributed by atoms with Crippen LogP contribution in [0, 0.1) is 0 Å². The molecule has 0 spiro atoms. The summed E-state index contributed by atoms with van der Waals surface area (Å²) < 4.78 is 5.07. The van der Waals surface area contributed by atoms with Crippen molar-refractivity contribution in [3.63, 3.8) is 0 Å². The number of ether oxygens (including phenoxy) is 1. The third-order valence-electron chi connectivity index (χ3n) is 5.34. The van der Waals surface area contributed by atoms with E-state index in [2.05, 4.69) is 10.3 Å². The van der Waals surface area contributed by atoms with Crippen molar-refractivity contribution < 1.29 is 19.7 Å². The average Bonchev–Trinajstić information content (AvgIpc) is 2.71. The highest BCUT2D eigenvalue weighted by molar-refractivity contribution is 5.95. The van der Waals surface area contributed by atoms with Gasteiger partial charge in [0.1, 0.15) is 11.6 Å². The van der Waals surface area contributed by atoms with E-state index in [4.69, 9.17) is 10.5 Å². The number of nitrogens with zero attached hydrogens (tertiary/aromatic N) is 2. The smallest absolute Gasteiger partial charge is 0.249 e. The zero-order valence-corrected chi connectivity index (χ0v) is 16.8. The van der Waals surface area contributed by atoms with Gasteiger partial charge in [-0.2, -0.15) is 0 Å². The summed E-state index contributed by atoms with van der Waals surface area (Å²) in [6.07, 6.45) is 1.79. The molecule has 2 atom stereocenters. The number of amides is 1. The number of fused-ring (bicyclic) bond motifs is 1. The number of anilines is 1. The molecule has 1 amide bonds. The number of carbonyl (C=O) groups excluding carboxylic acids is 1. The fourth-order valence-corrected chi connectivity index (χ4v) is 3.58. The maximum Gasteiger partial charge on any atom is 0.249 e. The molecule has 0 fully saturated rings. The number of likely N-dealkylation sites (N-methyl/N-ethyl adjacent to an activating group) is 1. The van der Waals surface area contributed by atoms with E-state index in [1.165, 1.54) is 0 Å². The van der Waals surface area contributed by atoms with Gasteiger partial charge in [-0.25, -0.2) is 4.98 Å². The van der Waals surface area contributed by atoms with Gasteiger partial charge in [0.2, 0.25) is 5.91 Å². The second kappa shape index (κ2) is 9.21. The Hall–Kier alpha value is -2.68. The molecule has 3 rings (SSSR count). The van der Waals surface area contributed by atoms with Crippen LogP contribution in [0.3, 0.4) is 0 Å². The lowest BCUT2D eigenvalue weighted by molar-refractivity contribution is 0.0995. The Labute approximate surface area is 170 Å². The molecule has 0 saturated carbocycles. The van der Waals surface area contributed by atoms with Gasteiger partial charge in [0.05, 0.1) is 12.7 Å². The van der Waals surface area contributed by atoms with Crippen molar-refractivity contribution >= 4 is 11.7 Å². The predicted molar refractivity (Wildman–Crippen MR) is 110 cm³/mol. The van der Waals surface area contributed by atoms with Crippen LogP contribution in [0.25, 0.3) is 0 Å². The molecule has 8 nitrogen and oxygen atoms in total. The van der Waals surface area contributed by atoms with Crippen LogP contribution < -0.4 is 16.0 Å². The Morgan fingerprint density at radius 2 is 2.21 bits per heavy atom. The van der Waals surface area contributed by atoms with Gasteiger partial charge in [0.15, 0.2) is 0 Å². The number of phenols is 1. The summed E-state index contributed by atoms with van der Waals surface area (Å²) >= 11 is 0. The number of aromatic nitrogens is 1. The zero-order chi connectivity index (χ0) is 21.0. The Morgan fingerprint density at radius 3 is 2.93 bits per heavy atom. The number of hydrogen-bond acceptors (Lipinski definition) is 7. The van der Waals surface area contributed by atoms with Crippen LogP contribution >= 0.6 is 0 Å². The summed E-state index contributed by atoms with van der Waals surface area (Å²) in [4.78, 5) is 18.3. The van der Waals surface area contributed by atoms with E-state index >= 15 is 0 Å². The second-order valence-corrected chi connectivity index (χ2v) is 7.39. The Morgan fingerprint density at radius 1 is 1.41 bits per heavy atom. The van der Waals surface area contributed by atoms with Gasteiger partial charge in [0, 0.05) is 51.5 Å². The van der Waals surface area contributed by atoms with Crippen LogP contribution in [0.5, 0.6) is 5.75 Å². The molecule has 8 heteroatoms. The second-order valence-electron chi connectivity index (χ2n) is 7.39. The van der Waals surface area contributed by atoms with Gasteiger partial charge in [-0.3, -0.25) is 4.79 Å². The van der Waals surface area contributed by atoms with Crippen molar-refractivity contribution in [2.45, 2.75) is 31.5 Å². The van der Waals surface area contributed by atoms with Crippen LogP contribution in [0.4, 0.5) is 5.82 Å². The molecular formula is C21H28N4O4. The van der Waals surface area contributed by atoms with E-state index in [1.54, 1.807) is 31.5 Å². The van der Waals surface area contributed by atoms with Crippen molar-refractivity contribution in [1.82, 2.24) is 10.3 Å². The molecule has 0 unspecified atom stereocenters. The molecule has 156 valence electrons. The standard InChI is InChI=1S/C21H28N4O4/c1-25(5-6-29-2)20-10-17(21(22)28)15(12-24-20)9-19(27)18-8-13-3-4-16(26)7-14(13)11-23-18/h3-4,7,10,12,18-19,23,26-27H,5-6,8-9,11H2,1-2H3,(H2,22,28)/t18-,19+/m0/s1. The van der Waals surface area contributed by atoms with Crippen molar-refractivity contribution in [1.29, 1.82) is 0 Å². The maximum absolute atomic E-state index is 12.0. The fourth-order valence-electron chi connectivity index (χ4n) is 3.58. The van der Waals surface area contributed by atoms with Crippen molar-refractivity contribution in [2.24, 2.45) is 5.73 Å². The molecule has 1 aliphatic heterocycles. The number of phenolic OH excluding ortho intramolecular Hbond substituents is 1. The SMILES string of the molecule is COCCN(C)c1cc(C(N)=O)c(C[C@@H](O)[C@@H]2Cc3ccc(O)cc3CN2)cn1. The maximum atomic E-state index is 12.0. The molecule has 0 bridgehead atoms. The summed E-state index contributed by atoms with van der Waals surface area (Å²) in [5, 5.41) is 23.7. The van der Waals surface area contributed by atoms with Crippen LogP contribution in [-0.2, 0) is 24.1 Å². The minimum atomic E-state index is -0.714. The number of primary amides is 1. The summed E-state index contributed by atoms with van der Waals surface area (Å²) in [5.41, 5.74) is 8.68. The number of pyridine rings is 1. The molecule has 29 heavy (non-hydrogen) atoms. The van der Waals surface area contributed by atoms with Gasteiger partial charge in [0.25, 0.3) is 0 Å². The lowest BCUT2D eigenvalue weighted by Gasteiger charge is -2.30. The molecule has 2 aromatic rings. The van der Waals surface area contributed by atoms with Gasteiger partial charge in [-0.15, -0.1) is 0 Å². The number of benzene rings is 1. The van der Waals surface area contributed by atoms with Crippen LogP contribution in [0.2, 0.25) is 0 Å². The Kier molecular flexibility index (Phi) is 6.68. The van der Waals surface area contributed by atoms with E-state index in [0.717, 1.165) is 11.1 Å². The lowest BCUT2D eigenvalue weighted by Crippen LogP contribution is -2.45. The van der Waals surface area contributed by atoms with Crippen LogP contribution in [-0.4, -0.2) is 60.6 Å².